The van der Waals surface area contributed by atoms with Crippen LogP contribution in [-0.4, -0.2) is 5.17 Å². The average Bonchev–Trinajstić information content (AvgIpc) is 2.15. The first kappa shape index (κ1) is 6.78. The van der Waals surface area contributed by atoms with Crippen molar-refractivity contribution in [2.45, 2.75) is 6.42 Å². The highest BCUT2D eigenvalue weighted by molar-refractivity contribution is 7.10. The zero-order valence-corrected chi connectivity index (χ0v) is 6.30. The van der Waals surface area contributed by atoms with E-state index in [1.165, 1.54) is 0 Å². The van der Waals surface area contributed by atoms with Crippen LogP contribution in [0.25, 0.3) is 0 Å². The van der Waals surface area contributed by atoms with E-state index in [4.69, 9.17) is 17.0 Å². The maximum atomic E-state index is 6.94. The van der Waals surface area contributed by atoms with Crippen molar-refractivity contribution in [2.75, 3.05) is 0 Å². The van der Waals surface area contributed by atoms with Crippen molar-refractivity contribution >= 4 is 28.1 Å². The van der Waals surface area contributed by atoms with Gasteiger partial charge in [-0.1, -0.05) is 17.7 Å². The Balaban J connectivity index is 2.58. The molecule has 0 atom stereocenters. The molecule has 0 aliphatic rings. The number of rotatable bonds is 2. The standard InChI is InChI=1S/C6H6ClNS/c7-6(8)4-5-2-1-3-9-5/h1-3,8H,4H2. The molecular formula is C6H6ClNS. The Morgan fingerprint density at radius 2 is 2.56 bits per heavy atom. The Morgan fingerprint density at radius 3 is 3.00 bits per heavy atom. The van der Waals surface area contributed by atoms with Crippen molar-refractivity contribution in [3.8, 4) is 0 Å². The van der Waals surface area contributed by atoms with E-state index in [2.05, 4.69) is 0 Å². The second kappa shape index (κ2) is 2.99. The highest BCUT2D eigenvalue weighted by Gasteiger charge is 1.94. The van der Waals surface area contributed by atoms with Gasteiger partial charge in [-0.25, -0.2) is 0 Å². The van der Waals surface area contributed by atoms with E-state index in [1.54, 1.807) is 11.3 Å². The highest BCUT2D eigenvalue weighted by atomic mass is 35.5. The summed E-state index contributed by atoms with van der Waals surface area (Å²) in [4.78, 5) is 1.15. The predicted octanol–water partition coefficient (Wildman–Crippen LogP) is 2.51. The maximum Gasteiger partial charge on any atom is 0.102 e. The van der Waals surface area contributed by atoms with E-state index < -0.39 is 0 Å². The van der Waals surface area contributed by atoms with Crippen molar-refractivity contribution in [3.63, 3.8) is 0 Å². The summed E-state index contributed by atoms with van der Waals surface area (Å²) in [6.45, 7) is 0. The van der Waals surface area contributed by atoms with Crippen molar-refractivity contribution in [3.05, 3.63) is 22.4 Å². The van der Waals surface area contributed by atoms with Gasteiger partial charge in [0.1, 0.15) is 5.17 Å². The van der Waals surface area contributed by atoms with Crippen molar-refractivity contribution < 1.29 is 0 Å². The molecule has 0 amide bonds. The number of hydrogen-bond donors (Lipinski definition) is 1. The lowest BCUT2D eigenvalue weighted by Crippen LogP contribution is -1.87. The molecule has 1 rings (SSSR count). The minimum atomic E-state index is 0.206. The Morgan fingerprint density at radius 1 is 1.78 bits per heavy atom. The molecule has 1 N–H and O–H groups in total. The van der Waals surface area contributed by atoms with E-state index >= 15 is 0 Å². The zero-order chi connectivity index (χ0) is 6.69. The molecule has 0 unspecified atom stereocenters. The fourth-order valence-electron chi connectivity index (χ4n) is 0.566. The second-order valence-electron chi connectivity index (χ2n) is 1.66. The van der Waals surface area contributed by atoms with Gasteiger partial charge >= 0.3 is 0 Å². The van der Waals surface area contributed by atoms with Gasteiger partial charge in [0.25, 0.3) is 0 Å². The molecule has 0 aliphatic heterocycles. The van der Waals surface area contributed by atoms with E-state index in [1.807, 2.05) is 17.5 Å². The molecule has 0 fully saturated rings. The van der Waals surface area contributed by atoms with Crippen LogP contribution in [0.2, 0.25) is 0 Å². The van der Waals surface area contributed by atoms with Crippen LogP contribution in [0.15, 0.2) is 17.5 Å². The fourth-order valence-corrected chi connectivity index (χ4v) is 1.51. The molecule has 1 aromatic rings. The van der Waals surface area contributed by atoms with E-state index in [-0.39, 0.29) is 5.17 Å². The summed E-state index contributed by atoms with van der Waals surface area (Å²) in [6, 6.07) is 3.93. The van der Waals surface area contributed by atoms with E-state index in [9.17, 15) is 0 Å². The molecule has 0 aliphatic carbocycles. The monoisotopic (exact) mass is 159 g/mol. The van der Waals surface area contributed by atoms with E-state index in [0.29, 0.717) is 6.42 Å². The number of hydrogen-bond acceptors (Lipinski definition) is 2. The second-order valence-corrected chi connectivity index (χ2v) is 3.15. The van der Waals surface area contributed by atoms with Gasteiger partial charge in [-0.05, 0) is 11.4 Å². The van der Waals surface area contributed by atoms with Gasteiger partial charge in [0.05, 0.1) is 0 Å². The van der Waals surface area contributed by atoms with Crippen LogP contribution in [0.1, 0.15) is 4.88 Å². The molecule has 3 heteroatoms. The first-order valence-electron chi connectivity index (χ1n) is 2.54. The SMILES string of the molecule is N=C(Cl)Cc1cccs1. The van der Waals surface area contributed by atoms with Crippen LogP contribution in [0.4, 0.5) is 0 Å². The molecule has 1 nitrogen and oxygen atoms in total. The van der Waals surface area contributed by atoms with Gasteiger partial charge in [0.15, 0.2) is 0 Å². The Labute approximate surface area is 62.8 Å². The first-order chi connectivity index (χ1) is 4.29. The molecule has 1 aromatic heterocycles. The maximum absolute atomic E-state index is 6.94. The van der Waals surface area contributed by atoms with Crippen molar-refractivity contribution in [1.29, 1.82) is 5.41 Å². The van der Waals surface area contributed by atoms with E-state index in [0.717, 1.165) is 4.88 Å². The molecule has 0 bridgehead atoms. The van der Waals surface area contributed by atoms with Crippen LogP contribution >= 0.6 is 22.9 Å². The number of thiophene rings is 1. The third kappa shape index (κ3) is 2.16. The van der Waals surface area contributed by atoms with Gasteiger partial charge in [0.2, 0.25) is 0 Å². The summed E-state index contributed by atoms with van der Waals surface area (Å²) in [6.07, 6.45) is 0.583. The summed E-state index contributed by atoms with van der Waals surface area (Å²) in [7, 11) is 0. The molecule has 0 radical (unpaired) electrons. The third-order valence-electron chi connectivity index (χ3n) is 0.910. The van der Waals surface area contributed by atoms with Crippen LogP contribution in [0.5, 0.6) is 0 Å². The largest absolute Gasteiger partial charge is 0.293 e. The lowest BCUT2D eigenvalue weighted by Gasteiger charge is -1.87. The smallest absolute Gasteiger partial charge is 0.102 e. The molecule has 48 valence electrons. The minimum absolute atomic E-state index is 0.206. The quantitative estimate of drug-likeness (QED) is 0.642. The molecular weight excluding hydrogens is 154 g/mol. The van der Waals surface area contributed by atoms with Crippen LogP contribution in [0.3, 0.4) is 0 Å². The number of nitrogens with one attached hydrogen (secondary N) is 1. The van der Waals surface area contributed by atoms with Gasteiger partial charge in [-0.15, -0.1) is 11.3 Å². The summed E-state index contributed by atoms with van der Waals surface area (Å²) < 4.78 is 0. The lowest BCUT2D eigenvalue weighted by molar-refractivity contribution is 1.38. The third-order valence-corrected chi connectivity index (χ3v) is 1.92. The normalized spacial score (nSPS) is 9.44. The van der Waals surface area contributed by atoms with Gasteiger partial charge < -0.3 is 0 Å². The predicted molar refractivity (Wildman–Crippen MR) is 41.6 cm³/mol. The van der Waals surface area contributed by atoms with Gasteiger partial charge in [0, 0.05) is 11.3 Å². The Bertz CT molecular complexity index is 193. The highest BCUT2D eigenvalue weighted by Crippen LogP contribution is 2.09. The number of halogens is 1. The summed E-state index contributed by atoms with van der Waals surface area (Å²) in [5.74, 6) is 0. The molecule has 0 spiro atoms. The van der Waals surface area contributed by atoms with Crippen LogP contribution < -0.4 is 0 Å². The fraction of sp³-hybridized carbons (Fsp3) is 0.167. The first-order valence-corrected chi connectivity index (χ1v) is 3.80. The zero-order valence-electron chi connectivity index (χ0n) is 4.73. The summed E-state index contributed by atoms with van der Waals surface area (Å²) in [5.41, 5.74) is 0. The molecule has 1 heterocycles. The topological polar surface area (TPSA) is 23.9 Å². The molecule has 0 aromatic carbocycles. The van der Waals surface area contributed by atoms with Gasteiger partial charge in [-0.3, -0.25) is 5.41 Å². The summed E-state index contributed by atoms with van der Waals surface area (Å²) in [5, 5.41) is 9.13. The lowest BCUT2D eigenvalue weighted by atomic mass is 10.4. The van der Waals surface area contributed by atoms with Crippen LogP contribution in [-0.2, 0) is 6.42 Å². The van der Waals surface area contributed by atoms with Crippen LogP contribution in [0, 0.1) is 5.41 Å². The molecule has 9 heavy (non-hydrogen) atoms. The van der Waals surface area contributed by atoms with Crippen molar-refractivity contribution in [2.24, 2.45) is 0 Å². The average molecular weight is 160 g/mol. The Hall–Kier alpha value is -0.340. The molecule has 0 saturated heterocycles. The summed E-state index contributed by atoms with van der Waals surface area (Å²) >= 11 is 6.99. The molecule has 0 saturated carbocycles. The van der Waals surface area contributed by atoms with Crippen molar-refractivity contribution in [1.82, 2.24) is 0 Å². The Kier molecular flexibility index (Phi) is 2.25. The van der Waals surface area contributed by atoms with Gasteiger partial charge in [-0.2, -0.15) is 0 Å². The minimum Gasteiger partial charge on any atom is -0.293 e.